The SMILES string of the molecule is C=CC(=C)C\C=C(/C=C(N)/C(/C=C\CC)=C/C)c1ccc(-c2ccc(C3=CC(c4ccccc4)NC(/C(C)=C/C)=C3)cc2)cc1. The van der Waals surface area contributed by atoms with E-state index in [-0.39, 0.29) is 6.04 Å². The Kier molecular flexibility index (Phi) is 11.8. The Morgan fingerprint density at radius 2 is 1.53 bits per heavy atom. The van der Waals surface area contributed by atoms with E-state index in [1.807, 2.05) is 13.0 Å². The van der Waals surface area contributed by atoms with E-state index in [4.69, 9.17) is 5.73 Å². The van der Waals surface area contributed by atoms with Crippen molar-refractivity contribution in [1.82, 2.24) is 5.32 Å². The molecule has 1 atom stereocenters. The predicted molar refractivity (Wildman–Crippen MR) is 197 cm³/mol. The van der Waals surface area contributed by atoms with Crippen LogP contribution in [0.1, 0.15) is 63.3 Å². The zero-order valence-electron chi connectivity index (χ0n) is 27.2. The van der Waals surface area contributed by atoms with Crippen molar-refractivity contribution in [3.05, 3.63) is 192 Å². The minimum Gasteiger partial charge on any atom is -0.398 e. The Balaban J connectivity index is 1.62. The molecule has 0 aliphatic carbocycles. The van der Waals surface area contributed by atoms with Crippen LogP contribution in [0.2, 0.25) is 0 Å². The number of nitrogens with one attached hydrogen (secondary N) is 1. The van der Waals surface area contributed by atoms with Gasteiger partial charge in [0.15, 0.2) is 0 Å². The number of allylic oxidation sites excluding steroid dienone is 12. The molecule has 3 aromatic carbocycles. The van der Waals surface area contributed by atoms with E-state index in [1.54, 1.807) is 6.08 Å². The summed E-state index contributed by atoms with van der Waals surface area (Å²) < 4.78 is 0. The fourth-order valence-electron chi connectivity index (χ4n) is 5.19. The largest absolute Gasteiger partial charge is 0.398 e. The highest BCUT2D eigenvalue weighted by molar-refractivity contribution is 5.80. The summed E-state index contributed by atoms with van der Waals surface area (Å²) in [6.45, 7) is 16.3. The first-order chi connectivity index (χ1) is 21.9. The number of rotatable bonds is 12. The lowest BCUT2D eigenvalue weighted by Gasteiger charge is -2.26. The van der Waals surface area contributed by atoms with Crippen molar-refractivity contribution in [2.45, 2.75) is 46.6 Å². The lowest BCUT2D eigenvalue weighted by molar-refractivity contribution is 0.713. The maximum absolute atomic E-state index is 6.56. The summed E-state index contributed by atoms with van der Waals surface area (Å²) in [4.78, 5) is 0. The average molecular weight is 591 g/mol. The summed E-state index contributed by atoms with van der Waals surface area (Å²) in [6, 6.07) is 28.3. The molecule has 0 saturated heterocycles. The van der Waals surface area contributed by atoms with Gasteiger partial charge in [-0.05, 0) is 102 Å². The Morgan fingerprint density at radius 3 is 2.13 bits per heavy atom. The van der Waals surface area contributed by atoms with Gasteiger partial charge in [0, 0.05) is 11.4 Å². The summed E-state index contributed by atoms with van der Waals surface area (Å²) >= 11 is 0. The van der Waals surface area contributed by atoms with Crippen LogP contribution in [0.25, 0.3) is 22.3 Å². The lowest BCUT2D eigenvalue weighted by atomic mass is 9.92. The Morgan fingerprint density at radius 1 is 0.889 bits per heavy atom. The molecule has 1 heterocycles. The van der Waals surface area contributed by atoms with Crippen molar-refractivity contribution in [2.75, 3.05) is 0 Å². The standard InChI is InChI=1S/C43H46N2/c1-7-11-15-33(10-4)41(44)28-39(19-18-31(5)8-2)36-24-20-34(21-25-36)35-22-26-37(27-23-35)40-29-42(32(6)9-3)45-43(30-40)38-16-13-12-14-17-38/h8-17,19-30,43,45H,2,5,7,18,44H2,1,3-4,6H3/b15-11-,32-9+,33-10+,39-19+,41-28-. The smallest absolute Gasteiger partial charge is 0.0707 e. The minimum atomic E-state index is 0.115. The van der Waals surface area contributed by atoms with Crippen molar-refractivity contribution in [3.63, 3.8) is 0 Å². The highest BCUT2D eigenvalue weighted by atomic mass is 14.9. The first-order valence-corrected chi connectivity index (χ1v) is 15.8. The van der Waals surface area contributed by atoms with Gasteiger partial charge in [-0.3, -0.25) is 0 Å². The first kappa shape index (κ1) is 32.8. The topological polar surface area (TPSA) is 38.0 Å². The maximum Gasteiger partial charge on any atom is 0.0707 e. The summed E-state index contributed by atoms with van der Waals surface area (Å²) in [5.74, 6) is 0. The zero-order chi connectivity index (χ0) is 32.2. The van der Waals surface area contributed by atoms with Crippen LogP contribution in [0.5, 0.6) is 0 Å². The normalized spacial score (nSPS) is 16.2. The second kappa shape index (κ2) is 16.1. The van der Waals surface area contributed by atoms with Crippen LogP contribution in [0.15, 0.2) is 175 Å². The Hall–Kier alpha value is -5.08. The van der Waals surface area contributed by atoms with Crippen molar-refractivity contribution >= 4 is 11.1 Å². The van der Waals surface area contributed by atoms with Gasteiger partial charge >= 0.3 is 0 Å². The van der Waals surface area contributed by atoms with Gasteiger partial charge in [0.2, 0.25) is 0 Å². The van der Waals surface area contributed by atoms with Crippen LogP contribution in [-0.4, -0.2) is 0 Å². The van der Waals surface area contributed by atoms with Crippen LogP contribution < -0.4 is 11.1 Å². The molecule has 3 N–H and O–H groups in total. The van der Waals surface area contributed by atoms with E-state index in [9.17, 15) is 0 Å². The Bertz CT molecular complexity index is 1700. The van der Waals surface area contributed by atoms with E-state index in [2.05, 4.69) is 161 Å². The third-order valence-electron chi connectivity index (χ3n) is 8.10. The molecule has 0 spiro atoms. The van der Waals surface area contributed by atoms with E-state index >= 15 is 0 Å². The van der Waals surface area contributed by atoms with E-state index < -0.39 is 0 Å². The molecule has 1 aliphatic rings. The van der Waals surface area contributed by atoms with E-state index in [1.165, 1.54) is 33.4 Å². The molecular weight excluding hydrogens is 544 g/mol. The van der Waals surface area contributed by atoms with Crippen LogP contribution >= 0.6 is 0 Å². The summed E-state index contributed by atoms with van der Waals surface area (Å²) in [6.07, 6.45) is 20.7. The van der Waals surface area contributed by atoms with E-state index in [0.717, 1.165) is 40.1 Å². The predicted octanol–water partition coefficient (Wildman–Crippen LogP) is 11.2. The maximum atomic E-state index is 6.56. The van der Waals surface area contributed by atoms with Gasteiger partial charge in [0.25, 0.3) is 0 Å². The molecule has 45 heavy (non-hydrogen) atoms. The molecule has 0 amide bonds. The number of nitrogens with two attached hydrogens (primary N) is 1. The van der Waals surface area contributed by atoms with E-state index in [0.29, 0.717) is 6.42 Å². The molecule has 2 nitrogen and oxygen atoms in total. The molecule has 2 heteroatoms. The number of hydrogen-bond acceptors (Lipinski definition) is 2. The highest BCUT2D eigenvalue weighted by Gasteiger charge is 2.17. The van der Waals surface area contributed by atoms with Crippen molar-refractivity contribution in [3.8, 4) is 11.1 Å². The van der Waals surface area contributed by atoms with Crippen LogP contribution in [0.4, 0.5) is 0 Å². The molecule has 0 aromatic heterocycles. The summed E-state index contributed by atoms with van der Waals surface area (Å²) in [5, 5.41) is 3.70. The quantitative estimate of drug-likeness (QED) is 0.206. The number of benzene rings is 3. The number of hydrogen-bond donors (Lipinski definition) is 2. The third kappa shape index (κ3) is 8.74. The monoisotopic (exact) mass is 590 g/mol. The van der Waals surface area contributed by atoms with Crippen LogP contribution in [0.3, 0.4) is 0 Å². The molecule has 0 radical (unpaired) electrons. The molecule has 0 saturated carbocycles. The van der Waals surface area contributed by atoms with Gasteiger partial charge in [-0.25, -0.2) is 0 Å². The van der Waals surface area contributed by atoms with Gasteiger partial charge in [-0.15, -0.1) is 0 Å². The third-order valence-corrected chi connectivity index (χ3v) is 8.10. The molecule has 0 bridgehead atoms. The molecule has 1 unspecified atom stereocenters. The number of dihydropyridines is 1. The van der Waals surface area contributed by atoms with Crippen LogP contribution in [0, 0.1) is 0 Å². The summed E-state index contributed by atoms with van der Waals surface area (Å²) in [7, 11) is 0. The second-order valence-electron chi connectivity index (χ2n) is 11.2. The molecule has 4 rings (SSSR count). The van der Waals surface area contributed by atoms with Gasteiger partial charge in [0.1, 0.15) is 0 Å². The lowest BCUT2D eigenvalue weighted by Crippen LogP contribution is -2.23. The van der Waals surface area contributed by atoms with Crippen LogP contribution in [-0.2, 0) is 0 Å². The van der Waals surface area contributed by atoms with Gasteiger partial charge in [-0.2, -0.15) is 0 Å². The fourth-order valence-corrected chi connectivity index (χ4v) is 5.19. The van der Waals surface area contributed by atoms with Crippen molar-refractivity contribution in [2.24, 2.45) is 5.73 Å². The average Bonchev–Trinajstić information content (AvgIpc) is 3.10. The molecule has 228 valence electrons. The van der Waals surface area contributed by atoms with Gasteiger partial charge < -0.3 is 11.1 Å². The molecule has 1 aliphatic heterocycles. The van der Waals surface area contributed by atoms with Gasteiger partial charge in [0.05, 0.1) is 6.04 Å². The molecule has 0 fully saturated rings. The highest BCUT2D eigenvalue weighted by Crippen LogP contribution is 2.32. The van der Waals surface area contributed by atoms with Crippen molar-refractivity contribution in [1.29, 1.82) is 0 Å². The summed E-state index contributed by atoms with van der Waals surface area (Å²) in [5.41, 5.74) is 19.8. The molecular formula is C43H46N2. The minimum absolute atomic E-state index is 0.115. The molecule has 3 aromatic rings. The Labute approximate surface area is 270 Å². The fraction of sp³-hybridized carbons (Fsp3) is 0.163. The second-order valence-corrected chi connectivity index (χ2v) is 11.2. The van der Waals surface area contributed by atoms with Gasteiger partial charge in [-0.1, -0.05) is 141 Å². The zero-order valence-corrected chi connectivity index (χ0v) is 27.2. The first-order valence-electron chi connectivity index (χ1n) is 15.8. The van der Waals surface area contributed by atoms with Crippen molar-refractivity contribution < 1.29 is 0 Å².